The van der Waals surface area contributed by atoms with Gasteiger partial charge >= 0.3 is 0 Å². The molecule has 1 aliphatic rings. The Bertz CT molecular complexity index is 397. The monoisotopic (exact) mass is 378 g/mol. The lowest BCUT2D eigenvalue weighted by Gasteiger charge is -2.32. The Morgan fingerprint density at radius 3 is 3.00 bits per heavy atom. The molecule has 18 heavy (non-hydrogen) atoms. The van der Waals surface area contributed by atoms with E-state index in [1.807, 2.05) is 12.1 Å². The Labute approximate surface area is 128 Å². The lowest BCUT2D eigenvalue weighted by atomic mass is 10.0. The van der Waals surface area contributed by atoms with Crippen LogP contribution in [0.5, 0.6) is 0 Å². The zero-order valence-electron chi connectivity index (χ0n) is 10.8. The number of halogens is 2. The number of hydrogen-bond donors (Lipinski definition) is 1. The fourth-order valence-electron chi connectivity index (χ4n) is 2.52. The number of nitrogens with one attached hydrogen (secondary N) is 1. The SMILES string of the molecule is CN1CCCCC1CCNc1ccc(Cl)cc1I. The Hall–Kier alpha value is -0.000000000000000111. The van der Waals surface area contributed by atoms with Crippen molar-refractivity contribution < 1.29 is 0 Å². The van der Waals surface area contributed by atoms with E-state index in [2.05, 4.69) is 45.9 Å². The van der Waals surface area contributed by atoms with Crippen LogP contribution in [0, 0.1) is 3.57 Å². The summed E-state index contributed by atoms with van der Waals surface area (Å²) in [5.74, 6) is 0. The Kier molecular flexibility index (Phi) is 5.57. The van der Waals surface area contributed by atoms with Gasteiger partial charge in [0.05, 0.1) is 0 Å². The number of piperidine rings is 1. The maximum Gasteiger partial charge on any atom is 0.0476 e. The van der Waals surface area contributed by atoms with Crippen LogP contribution in [-0.4, -0.2) is 31.1 Å². The van der Waals surface area contributed by atoms with Crippen molar-refractivity contribution in [2.75, 3.05) is 25.5 Å². The Balaban J connectivity index is 1.81. The van der Waals surface area contributed by atoms with E-state index >= 15 is 0 Å². The fraction of sp³-hybridized carbons (Fsp3) is 0.571. The van der Waals surface area contributed by atoms with Crippen LogP contribution in [0.15, 0.2) is 18.2 Å². The number of nitrogens with zero attached hydrogens (tertiary/aromatic N) is 1. The summed E-state index contributed by atoms with van der Waals surface area (Å²) in [6.07, 6.45) is 5.30. The second kappa shape index (κ2) is 6.96. The van der Waals surface area contributed by atoms with Gasteiger partial charge in [-0.25, -0.2) is 0 Å². The molecule has 0 radical (unpaired) electrons. The summed E-state index contributed by atoms with van der Waals surface area (Å²) in [5, 5.41) is 4.32. The third-order valence-corrected chi connectivity index (χ3v) is 4.77. The van der Waals surface area contributed by atoms with Crippen molar-refractivity contribution in [1.29, 1.82) is 0 Å². The van der Waals surface area contributed by atoms with Crippen LogP contribution >= 0.6 is 34.2 Å². The topological polar surface area (TPSA) is 15.3 Å². The van der Waals surface area contributed by atoms with Crippen molar-refractivity contribution in [3.05, 3.63) is 26.8 Å². The summed E-state index contributed by atoms with van der Waals surface area (Å²) in [6.45, 7) is 2.29. The summed E-state index contributed by atoms with van der Waals surface area (Å²) in [6, 6.07) is 6.75. The van der Waals surface area contributed by atoms with Crippen molar-refractivity contribution in [1.82, 2.24) is 4.90 Å². The van der Waals surface area contributed by atoms with E-state index in [0.717, 1.165) is 17.6 Å². The first-order chi connectivity index (χ1) is 8.66. The minimum atomic E-state index is 0.746. The predicted molar refractivity (Wildman–Crippen MR) is 87.5 cm³/mol. The molecule has 1 heterocycles. The largest absolute Gasteiger partial charge is 0.384 e. The second-order valence-corrected chi connectivity index (χ2v) is 6.57. The van der Waals surface area contributed by atoms with Crippen molar-refractivity contribution >= 4 is 39.9 Å². The molecule has 0 aliphatic carbocycles. The average molecular weight is 379 g/mol. The Morgan fingerprint density at radius 2 is 2.28 bits per heavy atom. The predicted octanol–water partition coefficient (Wildman–Crippen LogP) is 4.23. The van der Waals surface area contributed by atoms with Crippen LogP contribution < -0.4 is 5.32 Å². The molecule has 2 nitrogen and oxygen atoms in total. The zero-order valence-corrected chi connectivity index (χ0v) is 13.7. The molecule has 0 amide bonds. The number of likely N-dealkylation sites (tertiary alicyclic amines) is 1. The zero-order chi connectivity index (χ0) is 13.0. The highest BCUT2D eigenvalue weighted by Crippen LogP contribution is 2.23. The first-order valence-electron chi connectivity index (χ1n) is 6.56. The molecule has 1 atom stereocenters. The summed E-state index contributed by atoms with van der Waals surface area (Å²) in [5.41, 5.74) is 1.19. The molecule has 1 fully saturated rings. The molecular weight excluding hydrogens is 359 g/mol. The van der Waals surface area contributed by atoms with E-state index in [4.69, 9.17) is 11.6 Å². The van der Waals surface area contributed by atoms with Gasteiger partial charge in [-0.05, 0) is 73.6 Å². The number of hydrogen-bond acceptors (Lipinski definition) is 2. The summed E-state index contributed by atoms with van der Waals surface area (Å²) >= 11 is 8.28. The van der Waals surface area contributed by atoms with Gasteiger partial charge in [0, 0.05) is 26.9 Å². The molecule has 1 aromatic rings. The fourth-order valence-corrected chi connectivity index (χ4v) is 3.58. The number of anilines is 1. The summed E-state index contributed by atoms with van der Waals surface area (Å²) < 4.78 is 1.19. The lowest BCUT2D eigenvalue weighted by molar-refractivity contribution is 0.179. The molecule has 1 aliphatic heterocycles. The normalized spacial score (nSPS) is 20.9. The first kappa shape index (κ1) is 14.4. The van der Waals surface area contributed by atoms with Gasteiger partial charge in [-0.3, -0.25) is 0 Å². The molecule has 0 aromatic heterocycles. The Morgan fingerprint density at radius 1 is 1.44 bits per heavy atom. The molecule has 4 heteroatoms. The third-order valence-electron chi connectivity index (χ3n) is 3.65. The van der Waals surface area contributed by atoms with E-state index in [1.54, 1.807) is 0 Å². The van der Waals surface area contributed by atoms with E-state index < -0.39 is 0 Å². The standard InChI is InChI=1S/C14H20ClIN2/c1-18-9-3-2-4-12(18)7-8-17-14-6-5-11(15)10-13(14)16/h5-6,10,12,17H,2-4,7-9H2,1H3. The lowest BCUT2D eigenvalue weighted by Crippen LogP contribution is -2.37. The molecule has 100 valence electrons. The minimum Gasteiger partial charge on any atom is -0.384 e. The smallest absolute Gasteiger partial charge is 0.0476 e. The van der Waals surface area contributed by atoms with Crippen LogP contribution in [-0.2, 0) is 0 Å². The molecular formula is C14H20ClIN2. The highest BCUT2D eigenvalue weighted by molar-refractivity contribution is 14.1. The van der Waals surface area contributed by atoms with Crippen molar-refractivity contribution in [3.63, 3.8) is 0 Å². The van der Waals surface area contributed by atoms with E-state index in [-0.39, 0.29) is 0 Å². The van der Waals surface area contributed by atoms with Crippen molar-refractivity contribution in [2.24, 2.45) is 0 Å². The van der Waals surface area contributed by atoms with Gasteiger partial charge < -0.3 is 10.2 Å². The van der Waals surface area contributed by atoms with E-state index in [9.17, 15) is 0 Å². The van der Waals surface area contributed by atoms with Crippen molar-refractivity contribution in [2.45, 2.75) is 31.7 Å². The summed E-state index contributed by atoms with van der Waals surface area (Å²) in [7, 11) is 2.25. The minimum absolute atomic E-state index is 0.746. The van der Waals surface area contributed by atoms with Crippen LogP contribution in [0.2, 0.25) is 5.02 Å². The molecule has 0 bridgehead atoms. The van der Waals surface area contributed by atoms with Gasteiger partial charge in [-0.15, -0.1) is 0 Å². The van der Waals surface area contributed by atoms with Crippen LogP contribution in [0.3, 0.4) is 0 Å². The highest BCUT2D eigenvalue weighted by Gasteiger charge is 2.18. The second-order valence-electron chi connectivity index (χ2n) is 4.97. The maximum atomic E-state index is 5.95. The van der Waals surface area contributed by atoms with E-state index in [0.29, 0.717) is 0 Å². The molecule has 1 aromatic carbocycles. The number of rotatable bonds is 4. The van der Waals surface area contributed by atoms with Gasteiger partial charge in [-0.1, -0.05) is 18.0 Å². The quantitative estimate of drug-likeness (QED) is 0.789. The van der Waals surface area contributed by atoms with Gasteiger partial charge in [-0.2, -0.15) is 0 Å². The molecule has 1 N–H and O–H groups in total. The average Bonchev–Trinajstić information content (AvgIpc) is 2.34. The molecule has 0 spiro atoms. The van der Waals surface area contributed by atoms with Crippen LogP contribution in [0.25, 0.3) is 0 Å². The number of benzene rings is 1. The van der Waals surface area contributed by atoms with Gasteiger partial charge in [0.25, 0.3) is 0 Å². The third kappa shape index (κ3) is 4.00. The van der Waals surface area contributed by atoms with Crippen LogP contribution in [0.1, 0.15) is 25.7 Å². The molecule has 2 rings (SSSR count). The van der Waals surface area contributed by atoms with E-state index in [1.165, 1.54) is 41.5 Å². The highest BCUT2D eigenvalue weighted by atomic mass is 127. The molecule has 0 saturated carbocycles. The molecule has 1 unspecified atom stereocenters. The van der Waals surface area contributed by atoms with Crippen molar-refractivity contribution in [3.8, 4) is 0 Å². The van der Waals surface area contributed by atoms with Crippen LogP contribution in [0.4, 0.5) is 5.69 Å². The van der Waals surface area contributed by atoms with Gasteiger partial charge in [0.2, 0.25) is 0 Å². The first-order valence-corrected chi connectivity index (χ1v) is 8.01. The molecule has 1 saturated heterocycles. The summed E-state index contributed by atoms with van der Waals surface area (Å²) in [4.78, 5) is 2.50. The maximum absolute atomic E-state index is 5.95. The van der Waals surface area contributed by atoms with Gasteiger partial charge in [0.15, 0.2) is 0 Å². The van der Waals surface area contributed by atoms with Gasteiger partial charge in [0.1, 0.15) is 0 Å².